The van der Waals surface area contributed by atoms with Crippen LogP contribution in [0.2, 0.25) is 5.02 Å². The van der Waals surface area contributed by atoms with Crippen molar-refractivity contribution < 1.29 is 4.39 Å². The minimum Gasteiger partial charge on any atom is -0.330 e. The number of hydrogen-bond donors (Lipinski definition) is 2. The minimum atomic E-state index is -0.338. The molecule has 0 saturated heterocycles. The second-order valence-electron chi connectivity index (χ2n) is 3.44. The van der Waals surface area contributed by atoms with E-state index in [1.807, 2.05) is 0 Å². The Kier molecular flexibility index (Phi) is 3.22. The first-order valence-corrected chi connectivity index (χ1v) is 5.28. The lowest BCUT2D eigenvalue weighted by molar-refractivity contribution is 0.630. The lowest BCUT2D eigenvalue weighted by atomic mass is 10.1. The van der Waals surface area contributed by atoms with Gasteiger partial charge in [-0.05, 0) is 30.8 Å². The fourth-order valence-electron chi connectivity index (χ4n) is 1.48. The Bertz CT molecular complexity index is 496. The third-order valence-corrected chi connectivity index (χ3v) is 2.48. The zero-order valence-corrected chi connectivity index (χ0v) is 9.26. The Morgan fingerprint density at radius 2 is 2.19 bits per heavy atom. The van der Waals surface area contributed by atoms with Crippen LogP contribution in [-0.4, -0.2) is 16.7 Å². The third kappa shape index (κ3) is 2.23. The highest BCUT2D eigenvalue weighted by Gasteiger charge is 2.09. The molecule has 0 radical (unpaired) electrons. The molecule has 16 heavy (non-hydrogen) atoms. The van der Waals surface area contributed by atoms with Gasteiger partial charge in [-0.15, -0.1) is 0 Å². The summed E-state index contributed by atoms with van der Waals surface area (Å²) in [5.74, 6) is -0.338. The smallest absolute Gasteiger partial charge is 0.132 e. The molecule has 0 saturated carbocycles. The van der Waals surface area contributed by atoms with Gasteiger partial charge in [-0.3, -0.25) is 5.10 Å². The molecular formula is C11H11ClFN3. The van der Waals surface area contributed by atoms with Gasteiger partial charge in [0.1, 0.15) is 5.82 Å². The van der Waals surface area contributed by atoms with Crippen molar-refractivity contribution in [2.45, 2.75) is 6.42 Å². The molecule has 3 N–H and O–H groups in total. The van der Waals surface area contributed by atoms with E-state index in [4.69, 9.17) is 17.3 Å². The van der Waals surface area contributed by atoms with Gasteiger partial charge in [0.15, 0.2) is 0 Å². The maximum atomic E-state index is 13.5. The molecule has 0 atom stereocenters. The van der Waals surface area contributed by atoms with Gasteiger partial charge in [0.2, 0.25) is 0 Å². The molecular weight excluding hydrogens is 229 g/mol. The Labute approximate surface area is 97.4 Å². The molecule has 1 heterocycles. The fraction of sp³-hybridized carbons (Fsp3) is 0.182. The molecule has 1 aromatic carbocycles. The summed E-state index contributed by atoms with van der Waals surface area (Å²) in [5, 5.41) is 7.33. The van der Waals surface area contributed by atoms with Gasteiger partial charge < -0.3 is 5.73 Å². The van der Waals surface area contributed by atoms with Crippen LogP contribution in [0.15, 0.2) is 24.3 Å². The Balaban J connectivity index is 2.38. The SMILES string of the molecule is NCCc1cc(-c2cc(Cl)ccc2F)n[nH]1. The third-order valence-electron chi connectivity index (χ3n) is 2.25. The highest BCUT2D eigenvalue weighted by molar-refractivity contribution is 6.30. The van der Waals surface area contributed by atoms with Crippen molar-refractivity contribution in [2.75, 3.05) is 6.54 Å². The van der Waals surface area contributed by atoms with Crippen molar-refractivity contribution in [3.8, 4) is 11.3 Å². The van der Waals surface area contributed by atoms with Crippen LogP contribution in [0, 0.1) is 5.82 Å². The van der Waals surface area contributed by atoms with E-state index in [1.54, 1.807) is 12.1 Å². The van der Waals surface area contributed by atoms with Crippen LogP contribution in [0.5, 0.6) is 0 Å². The summed E-state index contributed by atoms with van der Waals surface area (Å²) < 4.78 is 13.5. The topological polar surface area (TPSA) is 54.7 Å². The maximum absolute atomic E-state index is 13.5. The predicted octanol–water partition coefficient (Wildman–Crippen LogP) is 2.37. The monoisotopic (exact) mass is 239 g/mol. The van der Waals surface area contributed by atoms with Gasteiger partial charge in [0.05, 0.1) is 5.69 Å². The van der Waals surface area contributed by atoms with Gasteiger partial charge in [0, 0.05) is 22.7 Å². The summed E-state index contributed by atoms with van der Waals surface area (Å²) in [7, 11) is 0. The van der Waals surface area contributed by atoms with Gasteiger partial charge in [-0.1, -0.05) is 11.6 Å². The number of H-pyrrole nitrogens is 1. The second kappa shape index (κ2) is 4.63. The Morgan fingerprint density at radius 1 is 1.38 bits per heavy atom. The lowest BCUT2D eigenvalue weighted by Gasteiger charge is -1.99. The van der Waals surface area contributed by atoms with E-state index in [0.29, 0.717) is 29.2 Å². The summed E-state index contributed by atoms with van der Waals surface area (Å²) in [6, 6.07) is 6.17. The molecule has 0 aliphatic heterocycles. The molecule has 0 amide bonds. The van der Waals surface area contributed by atoms with E-state index >= 15 is 0 Å². The number of nitrogens with one attached hydrogen (secondary N) is 1. The fourth-order valence-corrected chi connectivity index (χ4v) is 1.65. The van der Waals surface area contributed by atoms with Gasteiger partial charge >= 0.3 is 0 Å². The zero-order valence-electron chi connectivity index (χ0n) is 8.50. The number of halogens is 2. The largest absolute Gasteiger partial charge is 0.330 e. The van der Waals surface area contributed by atoms with Crippen LogP contribution in [0.3, 0.4) is 0 Å². The van der Waals surface area contributed by atoms with Crippen LogP contribution in [-0.2, 0) is 6.42 Å². The molecule has 2 aromatic rings. The van der Waals surface area contributed by atoms with Crippen LogP contribution in [0.25, 0.3) is 11.3 Å². The second-order valence-corrected chi connectivity index (χ2v) is 3.88. The first-order valence-electron chi connectivity index (χ1n) is 4.90. The number of nitrogens with zero attached hydrogens (tertiary/aromatic N) is 1. The van der Waals surface area contributed by atoms with Gasteiger partial charge in [-0.25, -0.2) is 4.39 Å². The molecule has 0 aliphatic rings. The summed E-state index contributed by atoms with van der Waals surface area (Å²) in [4.78, 5) is 0. The molecule has 0 unspecified atom stereocenters. The number of nitrogens with two attached hydrogens (primary N) is 1. The average molecular weight is 240 g/mol. The molecule has 84 valence electrons. The first kappa shape index (κ1) is 11.1. The number of hydrogen-bond acceptors (Lipinski definition) is 2. The Hall–Kier alpha value is -1.39. The van der Waals surface area contributed by atoms with E-state index in [1.165, 1.54) is 12.1 Å². The number of aromatic nitrogens is 2. The Morgan fingerprint density at radius 3 is 2.94 bits per heavy atom. The number of benzene rings is 1. The molecule has 0 aliphatic carbocycles. The minimum absolute atomic E-state index is 0.338. The number of rotatable bonds is 3. The van der Waals surface area contributed by atoms with Crippen LogP contribution in [0.4, 0.5) is 4.39 Å². The highest BCUT2D eigenvalue weighted by atomic mass is 35.5. The standard InChI is InChI=1S/C11H11ClFN3/c12-7-1-2-10(13)9(5-7)11-6-8(3-4-14)15-16-11/h1-2,5-6H,3-4,14H2,(H,15,16). The van der Waals surface area contributed by atoms with E-state index in [2.05, 4.69) is 10.2 Å². The van der Waals surface area contributed by atoms with E-state index in [-0.39, 0.29) is 5.82 Å². The molecule has 0 fully saturated rings. The molecule has 1 aromatic heterocycles. The average Bonchev–Trinajstić information content (AvgIpc) is 2.71. The summed E-state index contributed by atoms with van der Waals surface area (Å²) in [5.41, 5.74) is 7.25. The van der Waals surface area contributed by atoms with Crippen molar-refractivity contribution in [2.24, 2.45) is 5.73 Å². The van der Waals surface area contributed by atoms with Gasteiger partial charge in [-0.2, -0.15) is 5.10 Å². The van der Waals surface area contributed by atoms with Crippen molar-refractivity contribution in [1.82, 2.24) is 10.2 Å². The van der Waals surface area contributed by atoms with Gasteiger partial charge in [0.25, 0.3) is 0 Å². The van der Waals surface area contributed by atoms with E-state index in [9.17, 15) is 4.39 Å². The van der Waals surface area contributed by atoms with Crippen molar-refractivity contribution >= 4 is 11.6 Å². The van der Waals surface area contributed by atoms with Crippen molar-refractivity contribution in [3.63, 3.8) is 0 Å². The number of aromatic amines is 1. The normalized spacial score (nSPS) is 10.7. The van der Waals surface area contributed by atoms with Crippen molar-refractivity contribution in [3.05, 3.63) is 40.8 Å². The van der Waals surface area contributed by atoms with Crippen molar-refractivity contribution in [1.29, 1.82) is 0 Å². The van der Waals surface area contributed by atoms with Crippen LogP contribution >= 0.6 is 11.6 Å². The molecule has 0 spiro atoms. The quantitative estimate of drug-likeness (QED) is 0.864. The lowest BCUT2D eigenvalue weighted by Crippen LogP contribution is -2.02. The van der Waals surface area contributed by atoms with Crippen LogP contribution < -0.4 is 5.73 Å². The molecule has 3 nitrogen and oxygen atoms in total. The first-order chi connectivity index (χ1) is 7.70. The maximum Gasteiger partial charge on any atom is 0.132 e. The molecule has 2 rings (SSSR count). The predicted molar refractivity (Wildman–Crippen MR) is 61.8 cm³/mol. The summed E-state index contributed by atoms with van der Waals surface area (Å²) in [6.45, 7) is 0.527. The van der Waals surface area contributed by atoms with E-state index < -0.39 is 0 Å². The molecule has 5 heteroatoms. The summed E-state index contributed by atoms with van der Waals surface area (Å²) >= 11 is 5.81. The van der Waals surface area contributed by atoms with Crippen LogP contribution in [0.1, 0.15) is 5.69 Å². The summed E-state index contributed by atoms with van der Waals surface area (Å²) in [6.07, 6.45) is 0.690. The van der Waals surface area contributed by atoms with E-state index in [0.717, 1.165) is 5.69 Å². The highest BCUT2D eigenvalue weighted by Crippen LogP contribution is 2.24. The zero-order chi connectivity index (χ0) is 11.5. The molecule has 0 bridgehead atoms.